The number of hydrogen-bond acceptors (Lipinski definition) is 4. The van der Waals surface area contributed by atoms with Crippen molar-refractivity contribution in [3.8, 4) is 23.0 Å². The molecule has 4 N–H and O–H groups in total. The average molecular weight is 467 g/mol. The van der Waals surface area contributed by atoms with Crippen molar-refractivity contribution in [2.45, 2.75) is 104 Å². The fourth-order valence-corrected chi connectivity index (χ4v) is 6.87. The lowest BCUT2D eigenvalue weighted by Gasteiger charge is -2.40. The number of hydrogen-bond donors (Lipinski definition) is 4. The van der Waals surface area contributed by atoms with E-state index in [0.29, 0.717) is 12.0 Å². The van der Waals surface area contributed by atoms with Crippen molar-refractivity contribution in [1.82, 2.24) is 0 Å². The molecule has 0 radical (unpaired) electrons. The van der Waals surface area contributed by atoms with Gasteiger partial charge >= 0.3 is 0 Å². The van der Waals surface area contributed by atoms with Crippen molar-refractivity contribution in [2.75, 3.05) is 0 Å². The summed E-state index contributed by atoms with van der Waals surface area (Å²) in [5, 5.41) is 43.7. The lowest BCUT2D eigenvalue weighted by atomic mass is 9.64. The molecule has 2 fully saturated rings. The van der Waals surface area contributed by atoms with Gasteiger partial charge in [0.1, 0.15) is 0 Å². The third kappa shape index (κ3) is 3.48. The van der Waals surface area contributed by atoms with E-state index in [1.165, 1.54) is 0 Å². The minimum Gasteiger partial charge on any atom is -0.504 e. The van der Waals surface area contributed by atoms with Gasteiger partial charge in [-0.15, -0.1) is 0 Å². The van der Waals surface area contributed by atoms with Gasteiger partial charge < -0.3 is 20.4 Å². The van der Waals surface area contributed by atoms with Gasteiger partial charge in [-0.1, -0.05) is 66.5 Å². The molecule has 2 aromatic rings. The fourth-order valence-electron chi connectivity index (χ4n) is 6.87. The van der Waals surface area contributed by atoms with Gasteiger partial charge in [0, 0.05) is 33.9 Å². The highest BCUT2D eigenvalue weighted by atomic mass is 16.3. The van der Waals surface area contributed by atoms with Gasteiger partial charge in [-0.3, -0.25) is 0 Å². The van der Waals surface area contributed by atoms with Crippen LogP contribution < -0.4 is 0 Å². The summed E-state index contributed by atoms with van der Waals surface area (Å²) in [5.41, 5.74) is 3.56. The molecule has 2 aromatic carbocycles. The largest absolute Gasteiger partial charge is 0.504 e. The molecule has 0 saturated heterocycles. The zero-order valence-corrected chi connectivity index (χ0v) is 22.0. The summed E-state index contributed by atoms with van der Waals surface area (Å²) in [6, 6.07) is 5.60. The Morgan fingerprint density at radius 3 is 1.62 bits per heavy atom. The van der Waals surface area contributed by atoms with Crippen molar-refractivity contribution in [3.63, 3.8) is 0 Å². The van der Waals surface area contributed by atoms with Gasteiger partial charge in [-0.25, -0.2) is 0 Å². The Labute approximate surface area is 204 Å². The Morgan fingerprint density at radius 1 is 0.647 bits per heavy atom. The summed E-state index contributed by atoms with van der Waals surface area (Å²) in [5.74, 6) is -0.267. The van der Waals surface area contributed by atoms with Gasteiger partial charge in [0.2, 0.25) is 0 Å². The zero-order chi connectivity index (χ0) is 25.3. The van der Waals surface area contributed by atoms with Crippen molar-refractivity contribution < 1.29 is 20.4 Å². The predicted octanol–water partition coefficient (Wildman–Crippen LogP) is 7.34. The highest BCUT2D eigenvalue weighted by Gasteiger charge is 2.49. The molecule has 2 saturated carbocycles. The SMILES string of the molecule is Cc1cc(C2(C)CCCC2(C)C)c(O)c(O)c1Cc1cc(O)c(O)c(C2(C)CCCC2(C)C)c1. The van der Waals surface area contributed by atoms with E-state index < -0.39 is 0 Å². The van der Waals surface area contributed by atoms with Crippen LogP contribution in [-0.2, 0) is 17.3 Å². The molecule has 0 heterocycles. The molecule has 0 spiro atoms. The number of rotatable bonds is 4. The van der Waals surface area contributed by atoms with Crippen LogP contribution in [0.3, 0.4) is 0 Å². The topological polar surface area (TPSA) is 80.9 Å². The Balaban J connectivity index is 1.77. The summed E-state index contributed by atoms with van der Waals surface area (Å²) in [7, 11) is 0. The monoisotopic (exact) mass is 466 g/mol. The third-order valence-corrected chi connectivity index (χ3v) is 10.3. The van der Waals surface area contributed by atoms with Gasteiger partial charge in [-0.05, 0) is 60.6 Å². The Hall–Kier alpha value is -2.36. The highest BCUT2D eigenvalue weighted by molar-refractivity contribution is 5.59. The highest BCUT2D eigenvalue weighted by Crippen LogP contribution is 2.58. The Morgan fingerprint density at radius 2 is 1.15 bits per heavy atom. The summed E-state index contributed by atoms with van der Waals surface area (Å²) >= 11 is 0. The van der Waals surface area contributed by atoms with Crippen molar-refractivity contribution in [2.24, 2.45) is 10.8 Å². The first-order chi connectivity index (χ1) is 15.6. The van der Waals surface area contributed by atoms with E-state index in [2.05, 4.69) is 41.5 Å². The van der Waals surface area contributed by atoms with Crippen LogP contribution >= 0.6 is 0 Å². The second-order valence-corrected chi connectivity index (χ2v) is 12.7. The van der Waals surface area contributed by atoms with Crippen LogP contribution in [0.25, 0.3) is 0 Å². The number of phenols is 4. The summed E-state index contributed by atoms with van der Waals surface area (Å²) in [4.78, 5) is 0. The number of aryl methyl sites for hydroxylation is 1. The second-order valence-electron chi connectivity index (χ2n) is 12.7. The van der Waals surface area contributed by atoms with E-state index >= 15 is 0 Å². The zero-order valence-electron chi connectivity index (χ0n) is 22.0. The Kier molecular flexibility index (Phi) is 5.70. The Bertz CT molecular complexity index is 1130. The normalized spacial score (nSPS) is 27.9. The van der Waals surface area contributed by atoms with Crippen LogP contribution in [0, 0.1) is 17.8 Å². The fraction of sp³-hybridized carbons (Fsp3) is 0.600. The van der Waals surface area contributed by atoms with Gasteiger partial charge in [0.25, 0.3) is 0 Å². The van der Waals surface area contributed by atoms with Crippen LogP contribution in [0.1, 0.15) is 108 Å². The quantitative estimate of drug-likeness (QED) is 0.355. The molecular formula is C30H42O4. The average Bonchev–Trinajstić information content (AvgIpc) is 3.18. The molecule has 2 aliphatic rings. The molecule has 0 bridgehead atoms. The molecule has 0 aromatic heterocycles. The van der Waals surface area contributed by atoms with Crippen LogP contribution in [0.2, 0.25) is 0 Å². The van der Waals surface area contributed by atoms with E-state index in [-0.39, 0.29) is 44.7 Å². The summed E-state index contributed by atoms with van der Waals surface area (Å²) in [6.45, 7) is 15.3. The molecule has 2 unspecified atom stereocenters. The predicted molar refractivity (Wildman–Crippen MR) is 137 cm³/mol. The van der Waals surface area contributed by atoms with Crippen LogP contribution in [0.5, 0.6) is 23.0 Å². The van der Waals surface area contributed by atoms with E-state index in [1.807, 2.05) is 19.1 Å². The number of aromatic hydroxyl groups is 4. The van der Waals surface area contributed by atoms with Crippen LogP contribution in [-0.4, -0.2) is 20.4 Å². The molecule has 4 rings (SSSR count). The first-order valence-electron chi connectivity index (χ1n) is 12.7. The molecule has 4 heteroatoms. The molecule has 186 valence electrons. The van der Waals surface area contributed by atoms with Crippen molar-refractivity contribution in [1.29, 1.82) is 0 Å². The maximum atomic E-state index is 11.1. The number of benzene rings is 2. The van der Waals surface area contributed by atoms with Crippen molar-refractivity contribution >= 4 is 0 Å². The van der Waals surface area contributed by atoms with Gasteiger partial charge in [0.15, 0.2) is 23.0 Å². The first-order valence-corrected chi connectivity index (χ1v) is 12.7. The minimum absolute atomic E-state index is 0.00293. The smallest absolute Gasteiger partial charge is 0.161 e. The van der Waals surface area contributed by atoms with E-state index in [4.69, 9.17) is 0 Å². The molecule has 34 heavy (non-hydrogen) atoms. The maximum Gasteiger partial charge on any atom is 0.161 e. The summed E-state index contributed by atoms with van der Waals surface area (Å²) < 4.78 is 0. The third-order valence-electron chi connectivity index (χ3n) is 10.3. The lowest BCUT2D eigenvalue weighted by molar-refractivity contribution is 0.217. The van der Waals surface area contributed by atoms with E-state index in [1.54, 1.807) is 6.07 Å². The second kappa shape index (κ2) is 7.83. The van der Waals surface area contributed by atoms with Crippen LogP contribution in [0.4, 0.5) is 0 Å². The van der Waals surface area contributed by atoms with Crippen molar-refractivity contribution in [3.05, 3.63) is 46.0 Å². The molecule has 2 atom stereocenters. The van der Waals surface area contributed by atoms with E-state index in [9.17, 15) is 20.4 Å². The first kappa shape index (κ1) is 24.8. The molecule has 0 amide bonds. The molecule has 2 aliphatic carbocycles. The summed E-state index contributed by atoms with van der Waals surface area (Å²) in [6.07, 6.45) is 6.64. The van der Waals surface area contributed by atoms with E-state index in [0.717, 1.165) is 60.8 Å². The molecule has 4 nitrogen and oxygen atoms in total. The van der Waals surface area contributed by atoms with Gasteiger partial charge in [-0.2, -0.15) is 0 Å². The number of phenolic OH excluding ortho intramolecular Hbond substituents is 4. The molecule has 0 aliphatic heterocycles. The maximum absolute atomic E-state index is 11.1. The van der Waals surface area contributed by atoms with Gasteiger partial charge in [0.05, 0.1) is 0 Å². The van der Waals surface area contributed by atoms with Crippen LogP contribution in [0.15, 0.2) is 18.2 Å². The standard InChI is InChI=1S/C30H42O4/c1-18-14-21(29(6)12-8-10-27(29,2)3)26(34)24(32)20(18)15-19-16-22(25(33)23(31)17-19)30(7)13-9-11-28(30,4)5/h14,16-17,31-34H,8-13,15H2,1-7H3. The lowest BCUT2D eigenvalue weighted by Crippen LogP contribution is -2.34. The minimum atomic E-state index is -0.254. The molecular weight excluding hydrogens is 424 g/mol.